The largest absolute Gasteiger partial charge is 0.444 e. The molecular formula is C29H47N7O15. The number of methoxy groups -OCH3 is 1. The Kier molecular flexibility index (Phi) is 13.8. The highest BCUT2D eigenvalue weighted by molar-refractivity contribution is 6.04. The summed E-state index contributed by atoms with van der Waals surface area (Å²) in [5, 5.41) is 62.2. The third-order valence-electron chi connectivity index (χ3n) is 8.22. The highest BCUT2D eigenvalue weighted by atomic mass is 16.7. The summed E-state index contributed by atoms with van der Waals surface area (Å²) in [6, 6.07) is -2.87. The van der Waals surface area contributed by atoms with Crippen molar-refractivity contribution < 1.29 is 63.7 Å². The fourth-order valence-corrected chi connectivity index (χ4v) is 5.67. The fourth-order valence-electron chi connectivity index (χ4n) is 5.67. The lowest BCUT2D eigenvalue weighted by molar-refractivity contribution is -0.246. The van der Waals surface area contributed by atoms with Crippen LogP contribution in [0.15, 0.2) is 21.9 Å². The highest BCUT2D eigenvalue weighted by Crippen LogP contribution is 2.34. The molecular weight excluding hydrogens is 686 g/mol. The first-order chi connectivity index (χ1) is 23.7. The normalized spacial score (nSPS) is 25.9. The number of aliphatic hydroxyl groups is 5. The maximum absolute atomic E-state index is 13.5. The number of alkyl carbamates (subject to hydrolysis) is 1. The van der Waals surface area contributed by atoms with Crippen LogP contribution in [-0.2, 0) is 28.5 Å². The van der Waals surface area contributed by atoms with Crippen molar-refractivity contribution in [3.8, 4) is 0 Å². The van der Waals surface area contributed by atoms with E-state index in [4.69, 9.17) is 18.9 Å². The van der Waals surface area contributed by atoms with Crippen molar-refractivity contribution in [3.63, 3.8) is 0 Å². The number of carbonyl (C=O) groups is 4. The van der Waals surface area contributed by atoms with Gasteiger partial charge in [0, 0.05) is 46.6 Å². The second-order valence-corrected chi connectivity index (χ2v) is 13.0. The Morgan fingerprint density at radius 3 is 2.29 bits per heavy atom. The Labute approximate surface area is 291 Å². The van der Waals surface area contributed by atoms with E-state index in [1.807, 2.05) is 4.98 Å². The monoisotopic (exact) mass is 733 g/mol. The number of likely N-dealkylation sites (N-methyl/N-ethyl adjacent to an activating group) is 3. The lowest BCUT2D eigenvalue weighted by Crippen LogP contribution is -2.62. The molecule has 0 saturated carbocycles. The number of nitrogens with one attached hydrogen (secondary N) is 4. The molecule has 7 unspecified atom stereocenters. The van der Waals surface area contributed by atoms with Gasteiger partial charge in [0.25, 0.3) is 11.5 Å². The summed E-state index contributed by atoms with van der Waals surface area (Å²) in [5.74, 6) is -1.69. The van der Waals surface area contributed by atoms with Crippen LogP contribution in [0.5, 0.6) is 0 Å². The summed E-state index contributed by atoms with van der Waals surface area (Å²) in [6.45, 7) is 3.96. The summed E-state index contributed by atoms with van der Waals surface area (Å²) in [5.41, 5.74) is -2.65. The van der Waals surface area contributed by atoms with Gasteiger partial charge in [0.1, 0.15) is 54.3 Å². The molecule has 22 nitrogen and oxygen atoms in total. The van der Waals surface area contributed by atoms with Gasteiger partial charge in [-0.15, -0.1) is 0 Å². The number of aromatic nitrogens is 2. The van der Waals surface area contributed by atoms with Crippen LogP contribution < -0.4 is 27.2 Å². The number of hydrogen-bond donors (Lipinski definition) is 9. The van der Waals surface area contributed by atoms with E-state index in [0.717, 1.165) is 33.7 Å². The minimum absolute atomic E-state index is 0.406. The number of imide groups is 1. The molecule has 2 saturated heterocycles. The molecule has 9 N–H and O–H groups in total. The SMILES string of the molecule is CNC(=O)[C@H]([C@H](OC(O)C(O)C(CNC(=O)OC(C)(C)C)OC)C1OC(n2ccc(=O)[nH]c2=O)C(O)C1O)N(C)C[C@H](O)[C@H]1C(=O)NC(=O)N1C. The first-order valence-electron chi connectivity index (χ1n) is 15.7. The Bertz CT molecular complexity index is 1520. The Morgan fingerprint density at radius 1 is 1.12 bits per heavy atom. The van der Waals surface area contributed by atoms with Crippen molar-refractivity contribution in [2.75, 3.05) is 41.3 Å². The zero-order valence-corrected chi connectivity index (χ0v) is 29.1. The lowest BCUT2D eigenvalue weighted by atomic mass is 9.96. The molecule has 0 bridgehead atoms. The molecule has 3 heterocycles. The summed E-state index contributed by atoms with van der Waals surface area (Å²) in [6.07, 6.45) is -16.2. The summed E-state index contributed by atoms with van der Waals surface area (Å²) in [4.78, 5) is 78.4. The van der Waals surface area contributed by atoms with E-state index in [9.17, 15) is 54.3 Å². The molecule has 1 aromatic rings. The van der Waals surface area contributed by atoms with Gasteiger partial charge in [0.05, 0.1) is 6.10 Å². The number of urea groups is 1. The molecule has 288 valence electrons. The van der Waals surface area contributed by atoms with E-state index >= 15 is 0 Å². The number of amides is 5. The van der Waals surface area contributed by atoms with Gasteiger partial charge in [-0.25, -0.2) is 14.4 Å². The van der Waals surface area contributed by atoms with E-state index < -0.39 is 121 Å². The molecule has 5 amide bonds. The summed E-state index contributed by atoms with van der Waals surface area (Å²) < 4.78 is 22.8. The molecule has 0 radical (unpaired) electrons. The first kappa shape index (κ1) is 41.4. The molecule has 0 aliphatic carbocycles. The molecule has 2 aliphatic heterocycles. The fraction of sp³-hybridized carbons (Fsp3) is 0.724. The minimum Gasteiger partial charge on any atom is -0.444 e. The number of hydrogen-bond acceptors (Lipinski definition) is 16. The number of aliphatic hydroxyl groups excluding tert-OH is 5. The average molecular weight is 734 g/mol. The molecule has 2 fully saturated rings. The van der Waals surface area contributed by atoms with Gasteiger partial charge < -0.3 is 60.0 Å². The summed E-state index contributed by atoms with van der Waals surface area (Å²) >= 11 is 0. The van der Waals surface area contributed by atoms with Crippen molar-refractivity contribution in [2.45, 2.75) is 93.7 Å². The molecule has 0 aromatic carbocycles. The van der Waals surface area contributed by atoms with Gasteiger partial charge in [-0.2, -0.15) is 0 Å². The van der Waals surface area contributed by atoms with Crippen LogP contribution in [-0.4, -0.2) is 177 Å². The third-order valence-corrected chi connectivity index (χ3v) is 8.22. The van der Waals surface area contributed by atoms with Crippen molar-refractivity contribution in [1.82, 2.24) is 35.3 Å². The second-order valence-electron chi connectivity index (χ2n) is 13.0. The van der Waals surface area contributed by atoms with Crippen LogP contribution in [0.4, 0.5) is 9.59 Å². The average Bonchev–Trinajstić information content (AvgIpc) is 3.47. The predicted octanol–water partition coefficient (Wildman–Crippen LogP) is -5.28. The Morgan fingerprint density at radius 2 is 1.76 bits per heavy atom. The predicted molar refractivity (Wildman–Crippen MR) is 171 cm³/mol. The number of ether oxygens (including phenoxy) is 4. The van der Waals surface area contributed by atoms with Gasteiger partial charge in [0.15, 0.2) is 12.5 Å². The van der Waals surface area contributed by atoms with Crippen LogP contribution in [0.2, 0.25) is 0 Å². The van der Waals surface area contributed by atoms with Crippen LogP contribution in [0.25, 0.3) is 0 Å². The van der Waals surface area contributed by atoms with Gasteiger partial charge in [0.2, 0.25) is 5.91 Å². The van der Waals surface area contributed by atoms with Crippen LogP contribution in [0.1, 0.15) is 27.0 Å². The first-order valence-corrected chi connectivity index (χ1v) is 15.7. The zero-order chi connectivity index (χ0) is 38.5. The lowest BCUT2D eigenvalue weighted by Gasteiger charge is -2.39. The molecule has 3 rings (SSSR count). The number of H-pyrrole nitrogens is 1. The molecule has 2 aliphatic rings. The maximum atomic E-state index is 13.5. The topological polar surface area (TPSA) is 304 Å². The smallest absolute Gasteiger partial charge is 0.407 e. The minimum atomic E-state index is -2.27. The summed E-state index contributed by atoms with van der Waals surface area (Å²) in [7, 11) is 4.94. The van der Waals surface area contributed by atoms with Gasteiger partial charge in [-0.05, 0) is 27.8 Å². The molecule has 22 heteroatoms. The Hall–Kier alpha value is -4.00. The van der Waals surface area contributed by atoms with E-state index in [0.29, 0.717) is 0 Å². The van der Waals surface area contributed by atoms with E-state index in [1.54, 1.807) is 20.8 Å². The highest BCUT2D eigenvalue weighted by Gasteiger charge is 2.53. The molecule has 1 aromatic heterocycles. The molecule has 51 heavy (non-hydrogen) atoms. The van der Waals surface area contributed by atoms with Gasteiger partial charge >= 0.3 is 17.8 Å². The van der Waals surface area contributed by atoms with E-state index in [1.165, 1.54) is 21.1 Å². The molecule has 0 spiro atoms. The number of nitrogens with zero attached hydrogens (tertiary/aromatic N) is 3. The van der Waals surface area contributed by atoms with Crippen LogP contribution in [0.3, 0.4) is 0 Å². The van der Waals surface area contributed by atoms with Gasteiger partial charge in [-0.1, -0.05) is 0 Å². The molecule has 11 atom stereocenters. The van der Waals surface area contributed by atoms with Gasteiger partial charge in [-0.3, -0.25) is 34.2 Å². The maximum Gasteiger partial charge on any atom is 0.407 e. The third kappa shape index (κ3) is 9.87. The van der Waals surface area contributed by atoms with E-state index in [2.05, 4.69) is 16.0 Å². The van der Waals surface area contributed by atoms with E-state index in [-0.39, 0.29) is 0 Å². The van der Waals surface area contributed by atoms with Crippen molar-refractivity contribution in [3.05, 3.63) is 33.1 Å². The standard InChI is InChI=1S/C29H47N7O15/c1-29(2,3)51-28(47)31-10-13(48-7)17(39)25(44)50-20(21-18(40)19(41)24(49-21)36-9-8-14(38)32-27(36)46)16(22(42)30-4)34(5)11-12(37)15-23(43)33-26(45)35(15)6/h8-9,12-13,15-21,24-25,37,39-41,44H,10-11H2,1-7H3,(H,30,42)(H,31,47)(H,32,38,46)(H,33,43,45)/t12-,13?,15-,16-,17?,18?,19?,20-,21?,24?,25?/m0/s1. The van der Waals surface area contributed by atoms with Crippen LogP contribution >= 0.6 is 0 Å². The second kappa shape index (κ2) is 17.0. The number of aromatic amines is 1. The quantitative estimate of drug-likeness (QED) is 0.0601. The number of rotatable bonds is 15. The Balaban J connectivity index is 1.99. The van der Waals surface area contributed by atoms with Crippen LogP contribution in [0, 0.1) is 0 Å². The van der Waals surface area contributed by atoms with Crippen molar-refractivity contribution >= 4 is 23.9 Å². The zero-order valence-electron chi connectivity index (χ0n) is 29.1. The number of carbonyl (C=O) groups excluding carboxylic acids is 4. The van der Waals surface area contributed by atoms with Crippen molar-refractivity contribution in [1.29, 1.82) is 0 Å². The van der Waals surface area contributed by atoms with Crippen molar-refractivity contribution in [2.24, 2.45) is 0 Å².